The van der Waals surface area contributed by atoms with Gasteiger partial charge in [-0.05, 0) is 18.8 Å². The molecule has 1 heteroatoms. The van der Waals surface area contributed by atoms with Crippen LogP contribution in [0.1, 0.15) is 39.0 Å². The first-order valence-electron chi connectivity index (χ1n) is 3.96. The van der Waals surface area contributed by atoms with E-state index >= 15 is 0 Å². The van der Waals surface area contributed by atoms with Crippen molar-refractivity contribution in [1.29, 1.82) is 0 Å². The van der Waals surface area contributed by atoms with Crippen molar-refractivity contribution in [1.82, 2.24) is 0 Å². The Kier molecular flexibility index (Phi) is 2.90. The van der Waals surface area contributed by atoms with Crippen LogP contribution in [0.4, 0.5) is 0 Å². The third kappa shape index (κ3) is 2.21. The molecule has 1 radical (unpaired) electrons. The first-order chi connectivity index (χ1) is 4.30. The van der Waals surface area contributed by atoms with Gasteiger partial charge in [-0.25, -0.2) is 0 Å². The topological polar surface area (TPSA) is 0 Å². The van der Waals surface area contributed by atoms with Crippen LogP contribution < -0.4 is 0 Å². The van der Waals surface area contributed by atoms with E-state index in [0.29, 0.717) is 5.25 Å². The van der Waals surface area contributed by atoms with Crippen molar-refractivity contribution in [2.75, 3.05) is 0 Å². The maximum absolute atomic E-state index is 5.20. The van der Waals surface area contributed by atoms with Crippen LogP contribution in [0, 0.1) is 5.92 Å². The molecule has 0 nitrogen and oxygen atoms in total. The minimum atomic E-state index is 0.519. The van der Waals surface area contributed by atoms with E-state index < -0.39 is 0 Å². The van der Waals surface area contributed by atoms with E-state index in [1.807, 2.05) is 0 Å². The Morgan fingerprint density at radius 1 is 1.22 bits per heavy atom. The van der Waals surface area contributed by atoms with Crippen LogP contribution >= 0.6 is 12.6 Å². The Balaban J connectivity index is 2.23. The molecule has 0 N–H and O–H groups in total. The second kappa shape index (κ2) is 3.50. The van der Waals surface area contributed by atoms with Gasteiger partial charge in [0.25, 0.3) is 0 Å². The number of hydrogen-bond donors (Lipinski definition) is 0. The number of rotatable bonds is 1. The van der Waals surface area contributed by atoms with Crippen molar-refractivity contribution in [2.24, 2.45) is 5.92 Å². The summed E-state index contributed by atoms with van der Waals surface area (Å²) < 4.78 is 0. The molecule has 0 heterocycles. The Hall–Kier alpha value is 0.350. The van der Waals surface area contributed by atoms with Gasteiger partial charge in [-0.2, -0.15) is 0 Å². The molecular weight excluding hydrogens is 128 g/mol. The zero-order valence-electron chi connectivity index (χ0n) is 6.10. The smallest absolute Gasteiger partial charge is 0.0151 e. The Bertz CT molecular complexity index is 72.6. The maximum atomic E-state index is 5.20. The summed E-state index contributed by atoms with van der Waals surface area (Å²) in [5.41, 5.74) is 0. The first kappa shape index (κ1) is 7.46. The highest BCUT2D eigenvalue weighted by atomic mass is 32.1. The minimum absolute atomic E-state index is 0.519. The lowest BCUT2D eigenvalue weighted by Crippen LogP contribution is -2.14. The fourth-order valence-electron chi connectivity index (χ4n) is 1.60. The second-order valence-electron chi connectivity index (χ2n) is 3.10. The highest BCUT2D eigenvalue weighted by molar-refractivity contribution is 7.80. The highest BCUT2D eigenvalue weighted by Gasteiger charge is 2.16. The normalized spacial score (nSPS) is 26.0. The third-order valence-electron chi connectivity index (χ3n) is 2.31. The quantitative estimate of drug-likeness (QED) is 0.529. The maximum Gasteiger partial charge on any atom is 0.0151 e. The third-order valence-corrected chi connectivity index (χ3v) is 2.70. The molecule has 1 aliphatic carbocycles. The summed E-state index contributed by atoms with van der Waals surface area (Å²) in [4.78, 5) is 0. The summed E-state index contributed by atoms with van der Waals surface area (Å²) in [5.74, 6) is 0.869. The van der Waals surface area contributed by atoms with Crippen LogP contribution in [0.25, 0.3) is 0 Å². The fourth-order valence-corrected chi connectivity index (χ4v) is 1.88. The lowest BCUT2D eigenvalue weighted by Gasteiger charge is -2.23. The van der Waals surface area contributed by atoms with Crippen molar-refractivity contribution in [3.8, 4) is 0 Å². The van der Waals surface area contributed by atoms with Gasteiger partial charge in [-0.15, -0.1) is 0 Å². The van der Waals surface area contributed by atoms with Gasteiger partial charge in [0.05, 0.1) is 0 Å². The van der Waals surface area contributed by atoms with E-state index in [1.165, 1.54) is 32.1 Å². The molecule has 0 bridgehead atoms. The summed E-state index contributed by atoms with van der Waals surface area (Å²) in [5, 5.41) is 0.519. The van der Waals surface area contributed by atoms with Crippen LogP contribution in [0.15, 0.2) is 0 Å². The Morgan fingerprint density at radius 3 is 2.11 bits per heavy atom. The van der Waals surface area contributed by atoms with Crippen molar-refractivity contribution >= 4 is 12.6 Å². The van der Waals surface area contributed by atoms with Crippen molar-refractivity contribution in [3.05, 3.63) is 0 Å². The summed E-state index contributed by atoms with van der Waals surface area (Å²) in [7, 11) is 0. The van der Waals surface area contributed by atoms with Crippen molar-refractivity contribution < 1.29 is 0 Å². The molecule has 0 aromatic carbocycles. The van der Waals surface area contributed by atoms with Gasteiger partial charge in [-0.3, -0.25) is 0 Å². The van der Waals surface area contributed by atoms with Crippen LogP contribution in [-0.4, -0.2) is 5.25 Å². The molecule has 0 spiro atoms. The SMILES string of the molecule is CC([S])C1CCCCC1. The molecular formula is C8H15S. The largest absolute Gasteiger partial charge is 0.0904 e. The van der Waals surface area contributed by atoms with Gasteiger partial charge in [-0.1, -0.05) is 38.8 Å². The van der Waals surface area contributed by atoms with Gasteiger partial charge >= 0.3 is 0 Å². The van der Waals surface area contributed by atoms with Crippen LogP contribution in [0.2, 0.25) is 0 Å². The zero-order valence-corrected chi connectivity index (χ0v) is 6.91. The molecule has 0 aliphatic heterocycles. The van der Waals surface area contributed by atoms with Crippen LogP contribution in [0.5, 0.6) is 0 Å². The molecule has 0 amide bonds. The van der Waals surface area contributed by atoms with Gasteiger partial charge in [0.15, 0.2) is 0 Å². The molecule has 0 saturated heterocycles. The predicted octanol–water partition coefficient (Wildman–Crippen LogP) is 3.15. The second-order valence-corrected chi connectivity index (χ2v) is 3.85. The van der Waals surface area contributed by atoms with E-state index in [9.17, 15) is 0 Å². The van der Waals surface area contributed by atoms with Gasteiger partial charge in [0, 0.05) is 5.25 Å². The van der Waals surface area contributed by atoms with E-state index in [1.54, 1.807) is 0 Å². The van der Waals surface area contributed by atoms with E-state index in [0.717, 1.165) is 5.92 Å². The first-order valence-corrected chi connectivity index (χ1v) is 4.43. The fraction of sp³-hybridized carbons (Fsp3) is 1.00. The molecule has 53 valence electrons. The monoisotopic (exact) mass is 143 g/mol. The molecule has 1 rings (SSSR count). The van der Waals surface area contributed by atoms with Gasteiger partial charge < -0.3 is 0 Å². The summed E-state index contributed by atoms with van der Waals surface area (Å²) in [6.07, 6.45) is 7.07. The van der Waals surface area contributed by atoms with E-state index in [4.69, 9.17) is 12.6 Å². The summed E-state index contributed by atoms with van der Waals surface area (Å²) >= 11 is 5.20. The molecule has 1 saturated carbocycles. The molecule has 0 aromatic rings. The average molecular weight is 143 g/mol. The Morgan fingerprint density at radius 2 is 1.78 bits per heavy atom. The lowest BCUT2D eigenvalue weighted by molar-refractivity contribution is 0.358. The summed E-state index contributed by atoms with van der Waals surface area (Å²) in [6, 6.07) is 0. The van der Waals surface area contributed by atoms with Crippen molar-refractivity contribution in [2.45, 2.75) is 44.3 Å². The van der Waals surface area contributed by atoms with Crippen molar-refractivity contribution in [3.63, 3.8) is 0 Å². The van der Waals surface area contributed by atoms with Crippen LogP contribution in [0.3, 0.4) is 0 Å². The molecule has 1 atom stereocenters. The lowest BCUT2D eigenvalue weighted by atomic mass is 9.87. The van der Waals surface area contributed by atoms with Gasteiger partial charge in [0.2, 0.25) is 0 Å². The van der Waals surface area contributed by atoms with E-state index in [2.05, 4.69) is 6.92 Å². The standard InChI is InChI=1S/C8H15S/c1-7(9)8-5-3-2-4-6-8/h7-8H,2-6H2,1H3. The minimum Gasteiger partial charge on any atom is -0.0904 e. The highest BCUT2D eigenvalue weighted by Crippen LogP contribution is 2.28. The molecule has 1 unspecified atom stereocenters. The number of hydrogen-bond acceptors (Lipinski definition) is 0. The molecule has 0 aromatic heterocycles. The molecule has 1 fully saturated rings. The zero-order chi connectivity index (χ0) is 6.69. The Labute approximate surface area is 63.4 Å². The van der Waals surface area contributed by atoms with Crippen LogP contribution in [-0.2, 0) is 0 Å². The average Bonchev–Trinajstić information content (AvgIpc) is 1.90. The molecule has 9 heavy (non-hydrogen) atoms. The summed E-state index contributed by atoms with van der Waals surface area (Å²) in [6.45, 7) is 2.17. The predicted molar refractivity (Wildman–Crippen MR) is 43.6 cm³/mol. The van der Waals surface area contributed by atoms with Gasteiger partial charge in [0.1, 0.15) is 0 Å². The van der Waals surface area contributed by atoms with E-state index in [-0.39, 0.29) is 0 Å². The molecule has 1 aliphatic rings.